The summed E-state index contributed by atoms with van der Waals surface area (Å²) in [5.41, 5.74) is 1.16. The van der Waals surface area contributed by atoms with Crippen LogP contribution in [0.4, 0.5) is 4.39 Å². The molecule has 0 aromatic heterocycles. The molecule has 8 heteroatoms. The van der Waals surface area contributed by atoms with Gasteiger partial charge < -0.3 is 28.4 Å². The zero-order valence-corrected chi connectivity index (χ0v) is 16.7. The Morgan fingerprint density at radius 1 is 1.00 bits per heavy atom. The third-order valence-electron chi connectivity index (χ3n) is 4.79. The van der Waals surface area contributed by atoms with Crippen LogP contribution in [0.1, 0.15) is 15.9 Å². The number of carbonyl (C=O) groups excluding carboxylic acids is 1. The maximum atomic E-state index is 13.1. The summed E-state index contributed by atoms with van der Waals surface area (Å²) in [7, 11) is 5.95. The van der Waals surface area contributed by atoms with Crippen molar-refractivity contribution in [1.82, 2.24) is 0 Å². The third-order valence-corrected chi connectivity index (χ3v) is 4.79. The molecule has 0 saturated carbocycles. The number of Topliss-reactive ketones (excluding diaryl/α,β-unsaturated/α-hetero) is 1. The molecule has 1 atom stereocenters. The second-order valence-corrected chi connectivity index (χ2v) is 6.33. The van der Waals surface area contributed by atoms with Crippen molar-refractivity contribution in [2.45, 2.75) is 6.42 Å². The van der Waals surface area contributed by atoms with Gasteiger partial charge >= 0.3 is 0 Å². The molecule has 0 saturated heterocycles. The first-order valence-corrected chi connectivity index (χ1v) is 8.93. The average molecular weight is 406 g/mol. The lowest BCUT2D eigenvalue weighted by molar-refractivity contribution is 0.0845. The van der Waals surface area contributed by atoms with E-state index in [-0.39, 0.29) is 18.1 Å². The molecule has 0 bridgehead atoms. The highest BCUT2D eigenvalue weighted by molar-refractivity contribution is 5.99. The second-order valence-electron chi connectivity index (χ2n) is 6.33. The van der Waals surface area contributed by atoms with Gasteiger partial charge in [-0.1, -0.05) is 6.07 Å². The van der Waals surface area contributed by atoms with Crippen LogP contribution >= 0.6 is 0 Å². The minimum atomic E-state index is -1.01. The largest absolute Gasteiger partial charge is 0.493 e. The monoisotopic (exact) mass is 406 g/mol. The smallest absolute Gasteiger partial charge is 0.229 e. The van der Waals surface area contributed by atoms with Crippen LogP contribution in [-0.2, 0) is 6.42 Å². The van der Waals surface area contributed by atoms with Crippen molar-refractivity contribution >= 4 is 5.78 Å². The molecule has 156 valence electrons. The lowest BCUT2D eigenvalue weighted by Crippen LogP contribution is -2.28. The molecule has 1 heterocycles. The molecule has 0 spiro atoms. The number of rotatable bonds is 8. The quantitative estimate of drug-likeness (QED) is 0.622. The lowest BCUT2D eigenvalue weighted by Gasteiger charge is -2.27. The van der Waals surface area contributed by atoms with E-state index in [0.717, 1.165) is 5.56 Å². The molecule has 1 aliphatic rings. The Bertz CT molecular complexity index is 872. The summed E-state index contributed by atoms with van der Waals surface area (Å²) in [5, 5.41) is 0. The Kier molecular flexibility index (Phi) is 6.31. The highest BCUT2D eigenvalue weighted by Gasteiger charge is 2.31. The van der Waals surface area contributed by atoms with Gasteiger partial charge in [0.1, 0.15) is 0 Å². The average Bonchev–Trinajstić information content (AvgIpc) is 2.77. The van der Waals surface area contributed by atoms with Gasteiger partial charge in [0.25, 0.3) is 0 Å². The topological polar surface area (TPSA) is 72.5 Å². The summed E-state index contributed by atoms with van der Waals surface area (Å²) in [4.78, 5) is 13.1. The number of halogens is 1. The molecule has 7 nitrogen and oxygen atoms in total. The first kappa shape index (κ1) is 20.6. The first-order valence-electron chi connectivity index (χ1n) is 8.93. The van der Waals surface area contributed by atoms with Crippen molar-refractivity contribution in [3.63, 3.8) is 0 Å². The molecular weight excluding hydrogens is 383 g/mol. The van der Waals surface area contributed by atoms with E-state index in [9.17, 15) is 9.18 Å². The molecule has 29 heavy (non-hydrogen) atoms. The normalized spacial score (nSPS) is 15.0. The Morgan fingerprint density at radius 3 is 2.21 bits per heavy atom. The number of fused-ring (bicyclic) bond motifs is 1. The summed E-state index contributed by atoms with van der Waals surface area (Å²) < 4.78 is 44.8. The van der Waals surface area contributed by atoms with Crippen LogP contribution in [-0.4, -0.2) is 47.7 Å². The third kappa shape index (κ3) is 3.87. The van der Waals surface area contributed by atoms with Crippen molar-refractivity contribution in [3.8, 4) is 34.5 Å². The predicted molar refractivity (Wildman–Crippen MR) is 103 cm³/mol. The van der Waals surface area contributed by atoms with Gasteiger partial charge in [0, 0.05) is 5.56 Å². The van der Waals surface area contributed by atoms with Crippen LogP contribution in [0.3, 0.4) is 0 Å². The van der Waals surface area contributed by atoms with Gasteiger partial charge in [-0.3, -0.25) is 4.79 Å². The van der Waals surface area contributed by atoms with E-state index in [1.807, 2.05) is 0 Å². The number of ketones is 1. The second kappa shape index (κ2) is 8.89. The van der Waals surface area contributed by atoms with Gasteiger partial charge in [0.2, 0.25) is 18.4 Å². The number of ether oxygens (including phenoxy) is 6. The molecule has 0 amide bonds. The Morgan fingerprint density at radius 2 is 1.66 bits per heavy atom. The fourth-order valence-corrected chi connectivity index (χ4v) is 3.39. The molecule has 0 N–H and O–H groups in total. The van der Waals surface area contributed by atoms with Crippen molar-refractivity contribution in [1.29, 1.82) is 0 Å². The molecule has 1 aliphatic heterocycles. The van der Waals surface area contributed by atoms with Crippen LogP contribution in [0.15, 0.2) is 24.3 Å². The van der Waals surface area contributed by atoms with E-state index in [0.29, 0.717) is 40.7 Å². The molecule has 0 aliphatic carbocycles. The zero-order chi connectivity index (χ0) is 21.0. The Hall–Kier alpha value is -3.16. The molecule has 2 aromatic rings. The lowest BCUT2D eigenvalue weighted by atomic mass is 9.89. The van der Waals surface area contributed by atoms with E-state index in [1.54, 1.807) is 24.3 Å². The van der Waals surface area contributed by atoms with E-state index >= 15 is 0 Å². The Labute approximate surface area is 168 Å². The van der Waals surface area contributed by atoms with Crippen LogP contribution in [0.2, 0.25) is 0 Å². The van der Waals surface area contributed by atoms with Gasteiger partial charge in [-0.05, 0) is 30.2 Å². The van der Waals surface area contributed by atoms with E-state index < -0.39 is 12.8 Å². The molecule has 1 unspecified atom stereocenters. The first-order chi connectivity index (χ1) is 14.1. The molecule has 2 aromatic carbocycles. The fourth-order valence-electron chi connectivity index (χ4n) is 3.39. The number of benzene rings is 2. The van der Waals surface area contributed by atoms with E-state index in [1.165, 1.54) is 28.4 Å². The SMILES string of the molecule is COc1cc(C(=O)C2COc3c(ccc(OC)c3OCF)C2)cc(OC)c1OC. The van der Waals surface area contributed by atoms with Gasteiger partial charge in [-0.2, -0.15) is 0 Å². The maximum Gasteiger partial charge on any atom is 0.229 e. The highest BCUT2D eigenvalue weighted by Crippen LogP contribution is 2.44. The molecule has 3 rings (SSSR count). The molecule has 0 radical (unpaired) electrons. The number of hydrogen-bond acceptors (Lipinski definition) is 7. The van der Waals surface area contributed by atoms with Gasteiger partial charge in [0.15, 0.2) is 28.8 Å². The van der Waals surface area contributed by atoms with Crippen molar-refractivity contribution in [2.24, 2.45) is 5.92 Å². The van der Waals surface area contributed by atoms with Crippen LogP contribution in [0.5, 0.6) is 34.5 Å². The van der Waals surface area contributed by atoms with Crippen molar-refractivity contribution in [2.75, 3.05) is 41.9 Å². The molecule has 0 fully saturated rings. The number of carbonyl (C=O) groups is 1. The summed E-state index contributed by atoms with van der Waals surface area (Å²) in [6.07, 6.45) is 0.414. The van der Waals surface area contributed by atoms with Crippen molar-refractivity contribution in [3.05, 3.63) is 35.4 Å². The minimum Gasteiger partial charge on any atom is -0.493 e. The maximum absolute atomic E-state index is 13.1. The Balaban J connectivity index is 1.91. The van der Waals surface area contributed by atoms with E-state index in [4.69, 9.17) is 28.4 Å². The number of methoxy groups -OCH3 is 4. The number of alkyl halides is 1. The van der Waals surface area contributed by atoms with Crippen LogP contribution in [0, 0.1) is 5.92 Å². The summed E-state index contributed by atoms with van der Waals surface area (Å²) in [5.74, 6) is 1.62. The van der Waals surface area contributed by atoms with Crippen LogP contribution < -0.4 is 28.4 Å². The fraction of sp³-hybridized carbons (Fsp3) is 0.381. The summed E-state index contributed by atoms with van der Waals surface area (Å²) in [6.45, 7) is -0.887. The minimum absolute atomic E-state index is 0.123. The molecular formula is C21H23FO7. The highest BCUT2D eigenvalue weighted by atomic mass is 19.1. The summed E-state index contributed by atoms with van der Waals surface area (Å²) in [6, 6.07) is 6.68. The zero-order valence-electron chi connectivity index (χ0n) is 16.7. The predicted octanol–water partition coefficient (Wildman–Crippen LogP) is 3.46. The van der Waals surface area contributed by atoms with Gasteiger partial charge in [0.05, 0.1) is 41.0 Å². The number of hydrogen-bond donors (Lipinski definition) is 0. The van der Waals surface area contributed by atoms with Crippen molar-refractivity contribution < 1.29 is 37.6 Å². The summed E-state index contributed by atoms with van der Waals surface area (Å²) >= 11 is 0. The van der Waals surface area contributed by atoms with Gasteiger partial charge in [-0.15, -0.1) is 0 Å². The van der Waals surface area contributed by atoms with E-state index in [2.05, 4.69) is 0 Å². The van der Waals surface area contributed by atoms with Gasteiger partial charge in [-0.25, -0.2) is 4.39 Å². The van der Waals surface area contributed by atoms with Crippen LogP contribution in [0.25, 0.3) is 0 Å². The standard InChI is InChI=1S/C21H23FO7/c1-24-15-6-5-12-7-14(10-28-19(12)21(15)29-11-22)18(23)13-8-16(25-2)20(27-4)17(9-13)26-3/h5-6,8-9,14H,7,10-11H2,1-4H3.